The van der Waals surface area contributed by atoms with Gasteiger partial charge in [0.25, 0.3) is 0 Å². The highest BCUT2D eigenvalue weighted by molar-refractivity contribution is 5.22. The lowest BCUT2D eigenvalue weighted by molar-refractivity contribution is 0.0180. The minimum atomic E-state index is 0.754. The summed E-state index contributed by atoms with van der Waals surface area (Å²) >= 11 is 0. The molecule has 20 heavy (non-hydrogen) atoms. The number of aryl methyl sites for hydroxylation is 1. The van der Waals surface area contributed by atoms with Crippen LogP contribution in [-0.4, -0.2) is 29.6 Å². The summed E-state index contributed by atoms with van der Waals surface area (Å²) in [5.74, 6) is 0. The van der Waals surface area contributed by atoms with Crippen molar-refractivity contribution in [2.45, 2.75) is 70.6 Å². The van der Waals surface area contributed by atoms with E-state index in [1.165, 1.54) is 43.2 Å². The smallest absolute Gasteiger partial charge is 0.0239 e. The zero-order valence-electron chi connectivity index (χ0n) is 12.9. The molecule has 2 aliphatic heterocycles. The number of nitrogens with one attached hydrogen (secondary N) is 1. The van der Waals surface area contributed by atoms with Gasteiger partial charge in [0.15, 0.2) is 0 Å². The molecule has 2 saturated heterocycles. The Morgan fingerprint density at radius 1 is 1.20 bits per heavy atom. The molecule has 0 spiro atoms. The number of nitrogens with zero attached hydrogens (tertiary/aromatic N) is 1. The van der Waals surface area contributed by atoms with Crippen molar-refractivity contribution in [2.75, 3.05) is 6.54 Å². The molecule has 0 aliphatic carbocycles. The molecular formula is C18H28N2. The first-order valence-electron chi connectivity index (χ1n) is 8.31. The Hall–Kier alpha value is -0.860. The van der Waals surface area contributed by atoms with Crippen molar-refractivity contribution in [1.82, 2.24) is 10.2 Å². The molecule has 3 rings (SSSR count). The molecular weight excluding hydrogens is 244 g/mol. The van der Waals surface area contributed by atoms with Crippen LogP contribution in [-0.2, 0) is 6.54 Å². The highest BCUT2D eigenvalue weighted by Crippen LogP contribution is 2.35. The van der Waals surface area contributed by atoms with Crippen molar-refractivity contribution in [1.29, 1.82) is 0 Å². The van der Waals surface area contributed by atoms with E-state index in [9.17, 15) is 0 Å². The van der Waals surface area contributed by atoms with Crippen molar-refractivity contribution in [3.8, 4) is 0 Å². The van der Waals surface area contributed by atoms with Crippen LogP contribution < -0.4 is 5.32 Å². The minimum absolute atomic E-state index is 0.754. The van der Waals surface area contributed by atoms with E-state index in [4.69, 9.17) is 0 Å². The van der Waals surface area contributed by atoms with E-state index in [-0.39, 0.29) is 0 Å². The molecule has 1 aromatic carbocycles. The van der Waals surface area contributed by atoms with Gasteiger partial charge in [-0.2, -0.15) is 0 Å². The van der Waals surface area contributed by atoms with Gasteiger partial charge in [-0.05, 0) is 44.7 Å². The van der Waals surface area contributed by atoms with Crippen LogP contribution in [0.4, 0.5) is 0 Å². The molecule has 0 amide bonds. The van der Waals surface area contributed by atoms with Gasteiger partial charge >= 0.3 is 0 Å². The lowest BCUT2D eigenvalue weighted by Crippen LogP contribution is -2.55. The van der Waals surface area contributed by atoms with Gasteiger partial charge in [0.1, 0.15) is 0 Å². The van der Waals surface area contributed by atoms with Crippen molar-refractivity contribution in [3.63, 3.8) is 0 Å². The molecule has 2 bridgehead atoms. The molecule has 2 fully saturated rings. The number of piperidine rings is 2. The Balaban J connectivity index is 1.70. The highest BCUT2D eigenvalue weighted by atomic mass is 15.2. The van der Waals surface area contributed by atoms with Crippen LogP contribution >= 0.6 is 0 Å². The summed E-state index contributed by atoms with van der Waals surface area (Å²) in [5, 5.41) is 3.68. The van der Waals surface area contributed by atoms with E-state index in [2.05, 4.69) is 48.3 Å². The Labute approximate surface area is 123 Å². The molecule has 0 saturated carbocycles. The number of benzene rings is 1. The highest BCUT2D eigenvalue weighted by Gasteiger charge is 2.37. The second kappa shape index (κ2) is 6.28. The fraction of sp³-hybridized carbons (Fsp3) is 0.667. The van der Waals surface area contributed by atoms with Gasteiger partial charge in [-0.1, -0.05) is 43.2 Å². The maximum absolute atomic E-state index is 3.68. The first-order chi connectivity index (χ1) is 9.76. The predicted octanol–water partition coefficient (Wildman–Crippen LogP) is 3.49. The fourth-order valence-corrected chi connectivity index (χ4v) is 4.21. The van der Waals surface area contributed by atoms with E-state index in [1.54, 1.807) is 0 Å². The molecule has 2 unspecified atom stereocenters. The van der Waals surface area contributed by atoms with Crippen LogP contribution in [0.5, 0.6) is 0 Å². The Morgan fingerprint density at radius 3 is 2.60 bits per heavy atom. The molecule has 0 radical (unpaired) electrons. The zero-order valence-corrected chi connectivity index (χ0v) is 12.9. The van der Waals surface area contributed by atoms with Gasteiger partial charge in [0.05, 0.1) is 0 Å². The first kappa shape index (κ1) is 14.1. The molecule has 2 atom stereocenters. The van der Waals surface area contributed by atoms with Crippen molar-refractivity contribution in [2.24, 2.45) is 0 Å². The Kier molecular flexibility index (Phi) is 4.42. The summed E-state index contributed by atoms with van der Waals surface area (Å²) in [6, 6.07) is 11.4. The summed E-state index contributed by atoms with van der Waals surface area (Å²) in [6.45, 7) is 6.69. The second-order valence-electron chi connectivity index (χ2n) is 6.63. The molecule has 110 valence electrons. The second-order valence-corrected chi connectivity index (χ2v) is 6.63. The maximum Gasteiger partial charge on any atom is 0.0239 e. The Bertz CT molecular complexity index is 429. The fourth-order valence-electron chi connectivity index (χ4n) is 4.21. The number of hydrogen-bond acceptors (Lipinski definition) is 2. The Morgan fingerprint density at radius 2 is 1.95 bits per heavy atom. The van der Waals surface area contributed by atoms with Crippen molar-refractivity contribution < 1.29 is 0 Å². The molecule has 0 aromatic heterocycles. The summed E-state index contributed by atoms with van der Waals surface area (Å²) < 4.78 is 0. The third-order valence-corrected chi connectivity index (χ3v) is 5.07. The average Bonchev–Trinajstić information content (AvgIpc) is 2.40. The van der Waals surface area contributed by atoms with E-state index < -0.39 is 0 Å². The molecule has 2 heteroatoms. The molecule has 1 aromatic rings. The third-order valence-electron chi connectivity index (χ3n) is 5.07. The standard InChI is InChI=1S/C18H28N2/c1-3-19-16-11-17-8-5-9-18(12-16)20(17)13-15-7-4-6-14(2)10-15/h4,6-7,10,16-19H,3,5,8-9,11-13H2,1-2H3. The number of rotatable bonds is 4. The van der Waals surface area contributed by atoms with Gasteiger partial charge < -0.3 is 5.32 Å². The van der Waals surface area contributed by atoms with Gasteiger partial charge in [-0.15, -0.1) is 0 Å². The topological polar surface area (TPSA) is 15.3 Å². The SMILES string of the molecule is CCNC1CC2CCCC(C1)N2Cc1cccc(C)c1. The van der Waals surface area contributed by atoms with Gasteiger partial charge in [-0.3, -0.25) is 4.90 Å². The molecule has 2 aliphatic rings. The van der Waals surface area contributed by atoms with E-state index >= 15 is 0 Å². The summed E-state index contributed by atoms with van der Waals surface area (Å²) in [4.78, 5) is 2.80. The monoisotopic (exact) mass is 272 g/mol. The largest absolute Gasteiger partial charge is 0.314 e. The maximum atomic E-state index is 3.68. The lowest BCUT2D eigenvalue weighted by atomic mass is 9.81. The van der Waals surface area contributed by atoms with Crippen LogP contribution in [0.15, 0.2) is 24.3 Å². The number of hydrogen-bond donors (Lipinski definition) is 1. The lowest BCUT2D eigenvalue weighted by Gasteiger charge is -2.49. The molecule has 2 heterocycles. The number of fused-ring (bicyclic) bond motifs is 2. The van der Waals surface area contributed by atoms with Crippen LogP contribution in [0, 0.1) is 6.92 Å². The van der Waals surface area contributed by atoms with Crippen LogP contribution in [0.3, 0.4) is 0 Å². The van der Waals surface area contributed by atoms with Crippen molar-refractivity contribution in [3.05, 3.63) is 35.4 Å². The predicted molar refractivity (Wildman–Crippen MR) is 84.8 cm³/mol. The van der Waals surface area contributed by atoms with E-state index in [0.717, 1.165) is 31.2 Å². The van der Waals surface area contributed by atoms with Gasteiger partial charge in [0.2, 0.25) is 0 Å². The summed E-state index contributed by atoms with van der Waals surface area (Å²) in [7, 11) is 0. The van der Waals surface area contributed by atoms with E-state index in [0.29, 0.717) is 0 Å². The van der Waals surface area contributed by atoms with Crippen LogP contribution in [0.2, 0.25) is 0 Å². The van der Waals surface area contributed by atoms with E-state index in [1.807, 2.05) is 0 Å². The molecule has 2 nitrogen and oxygen atoms in total. The average molecular weight is 272 g/mol. The third kappa shape index (κ3) is 3.07. The first-order valence-corrected chi connectivity index (χ1v) is 8.31. The van der Waals surface area contributed by atoms with Gasteiger partial charge in [0, 0.05) is 24.7 Å². The van der Waals surface area contributed by atoms with Gasteiger partial charge in [-0.25, -0.2) is 0 Å². The zero-order chi connectivity index (χ0) is 13.9. The normalized spacial score (nSPS) is 30.4. The summed E-state index contributed by atoms with van der Waals surface area (Å²) in [6.07, 6.45) is 6.90. The summed E-state index contributed by atoms with van der Waals surface area (Å²) in [5.41, 5.74) is 2.87. The van der Waals surface area contributed by atoms with Crippen molar-refractivity contribution >= 4 is 0 Å². The van der Waals surface area contributed by atoms with Crippen LogP contribution in [0.1, 0.15) is 50.2 Å². The quantitative estimate of drug-likeness (QED) is 0.902. The van der Waals surface area contributed by atoms with Crippen LogP contribution in [0.25, 0.3) is 0 Å². The molecule has 1 N–H and O–H groups in total. The minimum Gasteiger partial charge on any atom is -0.314 e.